The molecule has 1 aliphatic heterocycles. The Morgan fingerprint density at radius 3 is 2.31 bits per heavy atom. The highest BCUT2D eigenvalue weighted by molar-refractivity contribution is 5.99. The highest BCUT2D eigenvalue weighted by Gasteiger charge is 2.24. The molecule has 0 spiro atoms. The number of ether oxygens (including phenoxy) is 1. The summed E-state index contributed by atoms with van der Waals surface area (Å²) in [6.07, 6.45) is 4.92. The Kier molecular flexibility index (Phi) is 5.53. The monoisotopic (exact) mass is 479 g/mol. The molecule has 0 aliphatic carbocycles. The van der Waals surface area contributed by atoms with E-state index in [4.69, 9.17) is 23.5 Å². The van der Waals surface area contributed by atoms with Crippen molar-refractivity contribution in [3.8, 4) is 22.9 Å². The van der Waals surface area contributed by atoms with Crippen molar-refractivity contribution in [3.05, 3.63) is 90.4 Å². The summed E-state index contributed by atoms with van der Waals surface area (Å²) in [5, 5.41) is 0. The fourth-order valence-corrected chi connectivity index (χ4v) is 4.43. The number of aromatic nitrogens is 2. The van der Waals surface area contributed by atoms with Gasteiger partial charge in [-0.05, 0) is 66.9 Å². The number of hydrogen-bond acceptors (Lipinski definition) is 7. The van der Waals surface area contributed by atoms with Gasteiger partial charge in [-0.2, -0.15) is 0 Å². The van der Waals surface area contributed by atoms with Crippen LogP contribution in [0.3, 0.4) is 0 Å². The summed E-state index contributed by atoms with van der Waals surface area (Å²) in [7, 11) is 0. The molecule has 1 aliphatic rings. The van der Waals surface area contributed by atoms with Crippen LogP contribution in [0.4, 0.5) is 5.69 Å². The van der Waals surface area contributed by atoms with Gasteiger partial charge in [-0.25, -0.2) is 14.8 Å². The Morgan fingerprint density at radius 2 is 1.58 bits per heavy atom. The summed E-state index contributed by atoms with van der Waals surface area (Å²) in [6.45, 7) is 0.262. The van der Waals surface area contributed by atoms with Crippen molar-refractivity contribution in [2.75, 3.05) is 18.1 Å². The Balaban J connectivity index is 1.25. The molecular weight excluding hydrogens is 458 g/mol. The van der Waals surface area contributed by atoms with Gasteiger partial charge in [-0.15, -0.1) is 0 Å². The first-order valence-electron chi connectivity index (χ1n) is 11.6. The van der Waals surface area contributed by atoms with Gasteiger partial charge in [0.1, 0.15) is 11.4 Å². The number of amides is 1. The van der Waals surface area contributed by atoms with E-state index in [1.165, 1.54) is 0 Å². The van der Waals surface area contributed by atoms with E-state index in [2.05, 4.69) is 0 Å². The first kappa shape index (κ1) is 21.8. The largest absolute Gasteiger partial charge is 0.463 e. The molecule has 2 aromatic carbocycles. The van der Waals surface area contributed by atoms with Crippen molar-refractivity contribution >= 4 is 28.6 Å². The zero-order chi connectivity index (χ0) is 24.5. The van der Waals surface area contributed by atoms with Crippen LogP contribution in [0.5, 0.6) is 0 Å². The van der Waals surface area contributed by atoms with E-state index in [9.17, 15) is 9.59 Å². The lowest BCUT2D eigenvalue weighted by molar-refractivity contribution is -0.121. The standard InChI is InChI=1S/C28H21N3O5/c32-25(31-13-3-7-18-6-1-2-8-22(18)31)17-36-28(33)19-11-12-20-21(16-19)30-27(24-10-5-15-35-24)26(29-20)23-9-4-14-34-23/h1-2,4-6,8-12,14-16H,3,7,13,17H2. The second-order valence-electron chi connectivity index (χ2n) is 8.43. The predicted octanol–water partition coefficient (Wildman–Crippen LogP) is 5.29. The molecule has 0 radical (unpaired) electrons. The highest BCUT2D eigenvalue weighted by atomic mass is 16.5. The molecule has 1 amide bonds. The summed E-state index contributed by atoms with van der Waals surface area (Å²) in [5.74, 6) is 0.222. The van der Waals surface area contributed by atoms with E-state index in [0.29, 0.717) is 40.5 Å². The van der Waals surface area contributed by atoms with Crippen molar-refractivity contribution in [1.82, 2.24) is 9.97 Å². The smallest absolute Gasteiger partial charge is 0.338 e. The molecule has 36 heavy (non-hydrogen) atoms. The van der Waals surface area contributed by atoms with Gasteiger partial charge in [-0.3, -0.25) is 4.79 Å². The minimum atomic E-state index is -0.605. The van der Waals surface area contributed by atoms with Crippen LogP contribution in [0.25, 0.3) is 33.9 Å². The van der Waals surface area contributed by atoms with Gasteiger partial charge in [0.05, 0.1) is 29.1 Å². The Labute approximate surface area is 206 Å². The summed E-state index contributed by atoms with van der Waals surface area (Å²) < 4.78 is 16.5. The normalized spacial score (nSPS) is 12.9. The molecule has 0 atom stereocenters. The van der Waals surface area contributed by atoms with E-state index in [1.54, 1.807) is 59.9 Å². The summed E-state index contributed by atoms with van der Waals surface area (Å²) >= 11 is 0. The maximum Gasteiger partial charge on any atom is 0.338 e. The van der Waals surface area contributed by atoms with E-state index >= 15 is 0 Å². The van der Waals surface area contributed by atoms with Crippen LogP contribution in [0.1, 0.15) is 22.3 Å². The molecular formula is C28H21N3O5. The molecule has 0 N–H and O–H groups in total. The van der Waals surface area contributed by atoms with Crippen LogP contribution < -0.4 is 4.90 Å². The second kappa shape index (κ2) is 9.14. The third kappa shape index (κ3) is 4.02. The number of carbonyl (C=O) groups is 2. The number of benzene rings is 2. The third-order valence-electron chi connectivity index (χ3n) is 6.15. The van der Waals surface area contributed by atoms with E-state index in [-0.39, 0.29) is 18.1 Å². The third-order valence-corrected chi connectivity index (χ3v) is 6.15. The number of hydrogen-bond donors (Lipinski definition) is 0. The van der Waals surface area contributed by atoms with Crippen molar-refractivity contribution in [1.29, 1.82) is 0 Å². The predicted molar refractivity (Wildman–Crippen MR) is 132 cm³/mol. The topological polar surface area (TPSA) is 98.7 Å². The van der Waals surface area contributed by atoms with Gasteiger partial charge in [-0.1, -0.05) is 18.2 Å². The van der Waals surface area contributed by atoms with E-state index < -0.39 is 5.97 Å². The molecule has 6 rings (SSSR count). The average molecular weight is 479 g/mol. The quantitative estimate of drug-likeness (QED) is 0.316. The van der Waals surface area contributed by atoms with Gasteiger partial charge >= 0.3 is 5.97 Å². The number of nitrogens with zero attached hydrogens (tertiary/aromatic N) is 3. The van der Waals surface area contributed by atoms with E-state index in [0.717, 1.165) is 24.1 Å². The lowest BCUT2D eigenvalue weighted by atomic mass is 10.0. The summed E-state index contributed by atoms with van der Waals surface area (Å²) in [4.78, 5) is 36.8. The Hall–Kier alpha value is -4.72. The van der Waals surface area contributed by atoms with Crippen LogP contribution in [0.2, 0.25) is 0 Å². The zero-order valence-electron chi connectivity index (χ0n) is 19.2. The summed E-state index contributed by atoms with van der Waals surface area (Å²) in [6, 6.07) is 19.8. The maximum atomic E-state index is 12.8. The first-order valence-corrected chi connectivity index (χ1v) is 11.6. The molecule has 4 heterocycles. The number of anilines is 1. The molecule has 8 heteroatoms. The van der Waals surface area contributed by atoms with Gasteiger partial charge in [0.15, 0.2) is 18.1 Å². The fourth-order valence-electron chi connectivity index (χ4n) is 4.43. The molecule has 0 fully saturated rings. The van der Waals surface area contributed by atoms with Crippen LogP contribution >= 0.6 is 0 Å². The zero-order valence-corrected chi connectivity index (χ0v) is 19.2. The fraction of sp³-hybridized carbons (Fsp3) is 0.143. The van der Waals surface area contributed by atoms with Crippen LogP contribution in [-0.4, -0.2) is 35.0 Å². The van der Waals surface area contributed by atoms with Crippen LogP contribution in [-0.2, 0) is 16.0 Å². The minimum absolute atomic E-state index is 0.251. The van der Waals surface area contributed by atoms with Gasteiger partial charge < -0.3 is 18.5 Å². The maximum absolute atomic E-state index is 12.8. The van der Waals surface area contributed by atoms with Crippen LogP contribution in [0, 0.1) is 0 Å². The Bertz CT molecular complexity index is 1560. The lowest BCUT2D eigenvalue weighted by Gasteiger charge is -2.29. The van der Waals surface area contributed by atoms with Crippen molar-refractivity contribution in [2.24, 2.45) is 0 Å². The minimum Gasteiger partial charge on any atom is -0.463 e. The Morgan fingerprint density at radius 1 is 0.861 bits per heavy atom. The van der Waals surface area contributed by atoms with Gasteiger partial charge in [0.2, 0.25) is 0 Å². The lowest BCUT2D eigenvalue weighted by Crippen LogP contribution is -2.38. The molecule has 178 valence electrons. The second-order valence-corrected chi connectivity index (χ2v) is 8.43. The van der Waals surface area contributed by atoms with Crippen LogP contribution in [0.15, 0.2) is 88.1 Å². The van der Waals surface area contributed by atoms with Gasteiger partial charge in [0, 0.05) is 12.2 Å². The van der Waals surface area contributed by atoms with Gasteiger partial charge in [0.25, 0.3) is 5.91 Å². The molecule has 0 saturated heterocycles. The van der Waals surface area contributed by atoms with Crippen molar-refractivity contribution in [2.45, 2.75) is 12.8 Å². The van der Waals surface area contributed by atoms with E-state index in [1.807, 2.05) is 24.3 Å². The number of carbonyl (C=O) groups excluding carboxylic acids is 2. The molecule has 8 nitrogen and oxygen atoms in total. The molecule has 0 unspecified atom stereocenters. The van der Waals surface area contributed by atoms with Crippen molar-refractivity contribution < 1.29 is 23.2 Å². The number of rotatable bonds is 5. The number of furan rings is 2. The number of fused-ring (bicyclic) bond motifs is 2. The molecule has 0 bridgehead atoms. The molecule has 0 saturated carbocycles. The molecule has 3 aromatic heterocycles. The summed E-state index contributed by atoms with van der Waals surface area (Å²) in [5.41, 5.74) is 4.37. The highest BCUT2D eigenvalue weighted by Crippen LogP contribution is 2.32. The SMILES string of the molecule is O=C(OCC(=O)N1CCCc2ccccc21)c1ccc2nc(-c3ccco3)c(-c3ccco3)nc2c1. The number of esters is 1. The average Bonchev–Trinajstić information content (AvgIpc) is 3.65. The number of para-hydroxylation sites is 1. The number of aryl methyl sites for hydroxylation is 1. The first-order chi connectivity index (χ1) is 17.7. The van der Waals surface area contributed by atoms with Crippen molar-refractivity contribution in [3.63, 3.8) is 0 Å². The molecule has 5 aromatic rings.